The van der Waals surface area contributed by atoms with Gasteiger partial charge in [0.15, 0.2) is 0 Å². The first kappa shape index (κ1) is 20.4. The summed E-state index contributed by atoms with van der Waals surface area (Å²) in [7, 11) is 0. The summed E-state index contributed by atoms with van der Waals surface area (Å²) < 4.78 is 0. The Labute approximate surface area is 158 Å². The van der Waals surface area contributed by atoms with Gasteiger partial charge in [-0.05, 0) is 61.8 Å². The van der Waals surface area contributed by atoms with Crippen LogP contribution >= 0.6 is 0 Å². The molecule has 142 valence electrons. The van der Waals surface area contributed by atoms with Gasteiger partial charge in [-0.25, -0.2) is 0 Å². The lowest BCUT2D eigenvalue weighted by Crippen LogP contribution is -2.02. The molecule has 0 aliphatic carbocycles. The first-order valence-corrected chi connectivity index (χ1v) is 10.0. The van der Waals surface area contributed by atoms with E-state index in [0.29, 0.717) is 11.5 Å². The molecule has 2 nitrogen and oxygen atoms in total. The van der Waals surface area contributed by atoms with E-state index < -0.39 is 0 Å². The van der Waals surface area contributed by atoms with Crippen LogP contribution in [0, 0.1) is 13.8 Å². The number of phenols is 2. The van der Waals surface area contributed by atoms with Crippen LogP contribution in [-0.4, -0.2) is 10.2 Å². The zero-order chi connectivity index (χ0) is 19.3. The Balaban J connectivity index is 2.46. The SMILES string of the molecule is CCCCc1cc(C)c(O)c(C(C)c2cc(CCCC)cc(C)c2O)c1. The smallest absolute Gasteiger partial charge is 0.122 e. The second-order valence-electron chi connectivity index (χ2n) is 7.63. The van der Waals surface area contributed by atoms with Crippen molar-refractivity contribution < 1.29 is 10.2 Å². The number of aryl methyl sites for hydroxylation is 4. The predicted octanol–water partition coefficient (Wildman–Crippen LogP) is 6.55. The average Bonchev–Trinajstić information content (AvgIpc) is 2.62. The van der Waals surface area contributed by atoms with Gasteiger partial charge in [0.05, 0.1) is 0 Å². The van der Waals surface area contributed by atoms with E-state index in [1.807, 2.05) is 13.8 Å². The Morgan fingerprint density at radius 2 is 1.12 bits per heavy atom. The molecule has 0 saturated carbocycles. The molecule has 0 heterocycles. The van der Waals surface area contributed by atoms with Crippen molar-refractivity contribution in [3.05, 3.63) is 57.6 Å². The van der Waals surface area contributed by atoms with Crippen LogP contribution in [0.25, 0.3) is 0 Å². The molecule has 0 aliphatic rings. The van der Waals surface area contributed by atoms with E-state index in [1.54, 1.807) is 0 Å². The molecule has 0 fully saturated rings. The fraction of sp³-hybridized carbons (Fsp3) is 0.500. The van der Waals surface area contributed by atoms with Crippen molar-refractivity contribution in [2.75, 3.05) is 0 Å². The molecule has 0 atom stereocenters. The topological polar surface area (TPSA) is 40.5 Å². The molecule has 0 spiro atoms. The lowest BCUT2D eigenvalue weighted by molar-refractivity contribution is 0.452. The van der Waals surface area contributed by atoms with Gasteiger partial charge in [-0.15, -0.1) is 0 Å². The minimum Gasteiger partial charge on any atom is -0.507 e. The average molecular weight is 355 g/mol. The molecule has 0 aliphatic heterocycles. The van der Waals surface area contributed by atoms with Crippen molar-refractivity contribution in [1.29, 1.82) is 0 Å². The number of hydrogen-bond donors (Lipinski definition) is 2. The summed E-state index contributed by atoms with van der Waals surface area (Å²) >= 11 is 0. The maximum absolute atomic E-state index is 10.7. The third-order valence-electron chi connectivity index (χ3n) is 5.35. The van der Waals surface area contributed by atoms with Gasteiger partial charge in [0.1, 0.15) is 11.5 Å². The quantitative estimate of drug-likeness (QED) is 0.564. The molecule has 2 rings (SSSR count). The van der Waals surface area contributed by atoms with Gasteiger partial charge in [-0.3, -0.25) is 0 Å². The van der Waals surface area contributed by atoms with Crippen LogP contribution in [0.3, 0.4) is 0 Å². The van der Waals surface area contributed by atoms with Crippen molar-refractivity contribution >= 4 is 0 Å². The molecule has 0 bridgehead atoms. The molecule has 2 N–H and O–H groups in total. The summed E-state index contributed by atoms with van der Waals surface area (Å²) in [5.41, 5.74) is 6.19. The number of aromatic hydroxyl groups is 2. The van der Waals surface area contributed by atoms with Crippen LogP contribution < -0.4 is 0 Å². The van der Waals surface area contributed by atoms with Crippen LogP contribution in [0.1, 0.15) is 85.8 Å². The summed E-state index contributed by atoms with van der Waals surface area (Å²) in [6.45, 7) is 10.4. The number of hydrogen-bond acceptors (Lipinski definition) is 2. The highest BCUT2D eigenvalue weighted by Gasteiger charge is 2.20. The van der Waals surface area contributed by atoms with Crippen molar-refractivity contribution in [3.8, 4) is 11.5 Å². The number of rotatable bonds is 8. The Hall–Kier alpha value is -1.96. The Morgan fingerprint density at radius 3 is 1.46 bits per heavy atom. The Kier molecular flexibility index (Phi) is 7.14. The summed E-state index contributed by atoms with van der Waals surface area (Å²) in [5, 5.41) is 21.3. The molecule has 2 heteroatoms. The lowest BCUT2D eigenvalue weighted by Gasteiger charge is -2.20. The van der Waals surface area contributed by atoms with E-state index in [9.17, 15) is 10.2 Å². The van der Waals surface area contributed by atoms with Crippen LogP contribution in [0.4, 0.5) is 0 Å². The first-order valence-electron chi connectivity index (χ1n) is 10.0. The highest BCUT2D eigenvalue weighted by molar-refractivity contribution is 5.53. The summed E-state index contributed by atoms with van der Waals surface area (Å²) in [5.74, 6) is 0.665. The second-order valence-corrected chi connectivity index (χ2v) is 7.63. The van der Waals surface area contributed by atoms with Crippen molar-refractivity contribution in [2.24, 2.45) is 0 Å². The first-order chi connectivity index (χ1) is 12.4. The monoisotopic (exact) mass is 354 g/mol. The molecular weight excluding hydrogens is 320 g/mol. The predicted molar refractivity (Wildman–Crippen MR) is 110 cm³/mol. The van der Waals surface area contributed by atoms with E-state index in [4.69, 9.17) is 0 Å². The largest absolute Gasteiger partial charge is 0.507 e. The van der Waals surface area contributed by atoms with Crippen LogP contribution in [0.5, 0.6) is 11.5 Å². The van der Waals surface area contributed by atoms with Crippen LogP contribution in [-0.2, 0) is 12.8 Å². The Bertz CT molecular complexity index is 683. The van der Waals surface area contributed by atoms with Gasteiger partial charge < -0.3 is 10.2 Å². The van der Waals surface area contributed by atoms with Crippen molar-refractivity contribution in [3.63, 3.8) is 0 Å². The standard InChI is InChI=1S/C24H34O2/c1-6-8-10-19-12-16(3)23(25)21(14-19)18(5)22-15-20(11-9-7-2)13-17(4)24(22)26/h12-15,18,25-26H,6-11H2,1-5H3. The number of benzene rings is 2. The van der Waals surface area contributed by atoms with Gasteiger partial charge in [0.2, 0.25) is 0 Å². The second kappa shape index (κ2) is 9.12. The van der Waals surface area contributed by atoms with E-state index >= 15 is 0 Å². The minimum absolute atomic E-state index is 0.0458. The molecule has 0 radical (unpaired) electrons. The molecule has 0 unspecified atom stereocenters. The summed E-state index contributed by atoms with van der Waals surface area (Å²) in [6.07, 6.45) is 6.66. The lowest BCUT2D eigenvalue weighted by atomic mass is 9.86. The van der Waals surface area contributed by atoms with Crippen molar-refractivity contribution in [2.45, 2.75) is 79.1 Å². The normalized spacial score (nSPS) is 11.3. The minimum atomic E-state index is -0.0458. The van der Waals surface area contributed by atoms with E-state index in [2.05, 4.69) is 45.0 Å². The molecule has 26 heavy (non-hydrogen) atoms. The number of phenolic OH excluding ortho intramolecular Hbond substituents is 2. The molecule has 2 aromatic carbocycles. The highest BCUT2D eigenvalue weighted by atomic mass is 16.3. The molecule has 2 aromatic rings. The van der Waals surface area contributed by atoms with E-state index in [1.165, 1.54) is 11.1 Å². The van der Waals surface area contributed by atoms with E-state index in [-0.39, 0.29) is 5.92 Å². The van der Waals surface area contributed by atoms with Gasteiger partial charge in [0, 0.05) is 17.0 Å². The third kappa shape index (κ3) is 4.60. The fourth-order valence-corrected chi connectivity index (χ4v) is 3.65. The zero-order valence-corrected chi connectivity index (χ0v) is 17.0. The summed E-state index contributed by atoms with van der Waals surface area (Å²) in [6, 6.07) is 8.42. The highest BCUT2D eigenvalue weighted by Crippen LogP contribution is 2.39. The van der Waals surface area contributed by atoms with Gasteiger partial charge in [-0.1, -0.05) is 57.9 Å². The van der Waals surface area contributed by atoms with Gasteiger partial charge in [-0.2, -0.15) is 0 Å². The fourth-order valence-electron chi connectivity index (χ4n) is 3.65. The van der Waals surface area contributed by atoms with Crippen LogP contribution in [0.15, 0.2) is 24.3 Å². The third-order valence-corrected chi connectivity index (χ3v) is 5.35. The van der Waals surface area contributed by atoms with E-state index in [0.717, 1.165) is 60.8 Å². The van der Waals surface area contributed by atoms with Crippen molar-refractivity contribution in [1.82, 2.24) is 0 Å². The molecule has 0 amide bonds. The van der Waals surface area contributed by atoms with Gasteiger partial charge >= 0.3 is 0 Å². The molecule has 0 aromatic heterocycles. The molecular formula is C24H34O2. The zero-order valence-electron chi connectivity index (χ0n) is 17.0. The number of unbranched alkanes of at least 4 members (excludes halogenated alkanes) is 2. The van der Waals surface area contributed by atoms with Crippen LogP contribution in [0.2, 0.25) is 0 Å². The van der Waals surface area contributed by atoms with Gasteiger partial charge in [0.25, 0.3) is 0 Å². The molecule has 0 saturated heterocycles. The maximum Gasteiger partial charge on any atom is 0.122 e. The maximum atomic E-state index is 10.7. The Morgan fingerprint density at radius 1 is 0.731 bits per heavy atom. The summed E-state index contributed by atoms with van der Waals surface area (Å²) in [4.78, 5) is 0.